The number of hydrogen-bond acceptors (Lipinski definition) is 1. The van der Waals surface area contributed by atoms with Crippen molar-refractivity contribution >= 4 is 0 Å². The Labute approximate surface area is 119 Å². The van der Waals surface area contributed by atoms with Gasteiger partial charge >= 0.3 is 0 Å². The lowest BCUT2D eigenvalue weighted by molar-refractivity contribution is 0.590. The van der Waals surface area contributed by atoms with Crippen LogP contribution in [0.1, 0.15) is 28.5 Å². The van der Waals surface area contributed by atoms with Gasteiger partial charge in [-0.1, -0.05) is 60.7 Å². The van der Waals surface area contributed by atoms with Gasteiger partial charge in [-0.15, -0.1) is 0 Å². The molecule has 0 unspecified atom stereocenters. The van der Waals surface area contributed by atoms with Crippen molar-refractivity contribution in [3.05, 3.63) is 95.3 Å². The van der Waals surface area contributed by atoms with Gasteiger partial charge in [-0.2, -0.15) is 0 Å². The van der Waals surface area contributed by atoms with Crippen molar-refractivity contribution in [2.75, 3.05) is 7.05 Å². The second-order valence-electron chi connectivity index (χ2n) is 5.59. The average molecular weight is 259 g/mol. The Kier molecular flexibility index (Phi) is 2.53. The lowest BCUT2D eigenvalue weighted by Gasteiger charge is -2.23. The summed E-state index contributed by atoms with van der Waals surface area (Å²) in [6.07, 6.45) is 6.78. The Morgan fingerprint density at radius 1 is 0.850 bits per heavy atom. The fourth-order valence-electron chi connectivity index (χ4n) is 3.48. The predicted molar refractivity (Wildman–Crippen MR) is 82.5 cm³/mol. The zero-order valence-electron chi connectivity index (χ0n) is 11.5. The third kappa shape index (κ3) is 1.63. The second-order valence-corrected chi connectivity index (χ2v) is 5.59. The summed E-state index contributed by atoms with van der Waals surface area (Å²) in [5.41, 5.74) is 5.78. The highest BCUT2D eigenvalue weighted by atomic mass is 15.1. The van der Waals surface area contributed by atoms with Crippen LogP contribution in [0.3, 0.4) is 0 Å². The first-order chi connectivity index (χ1) is 9.84. The molecule has 0 amide bonds. The highest BCUT2D eigenvalue weighted by molar-refractivity contribution is 5.58. The molecule has 98 valence electrons. The van der Waals surface area contributed by atoms with Crippen molar-refractivity contribution in [2.24, 2.45) is 0 Å². The fourth-order valence-corrected chi connectivity index (χ4v) is 3.48. The summed E-state index contributed by atoms with van der Waals surface area (Å²) in [6.45, 7) is 0. The third-order valence-corrected chi connectivity index (χ3v) is 4.33. The zero-order chi connectivity index (χ0) is 13.5. The van der Waals surface area contributed by atoms with Crippen molar-refractivity contribution in [1.29, 1.82) is 0 Å². The van der Waals surface area contributed by atoms with Crippen molar-refractivity contribution in [3.63, 3.8) is 0 Å². The summed E-state index contributed by atoms with van der Waals surface area (Å²) < 4.78 is 0. The highest BCUT2D eigenvalue weighted by Gasteiger charge is 2.36. The number of rotatable bonds is 1. The second kappa shape index (κ2) is 4.38. The van der Waals surface area contributed by atoms with Gasteiger partial charge in [-0.3, -0.25) is 0 Å². The van der Waals surface area contributed by atoms with Gasteiger partial charge in [0, 0.05) is 31.3 Å². The standard InChI is InChI=1S/C19H17N/c1-20-12-11-16-15-9-5-6-10-17(15)19(18(16)13-20)14-7-3-2-4-8-14/h2-13,16,19H,1H3/t16-,19-/m0/s1. The van der Waals surface area contributed by atoms with Gasteiger partial charge in [-0.05, 0) is 22.3 Å². The number of nitrogens with zero attached hydrogens (tertiary/aromatic N) is 1. The molecule has 1 heteroatoms. The topological polar surface area (TPSA) is 3.24 Å². The maximum Gasteiger partial charge on any atom is 0.0328 e. The lowest BCUT2D eigenvalue weighted by atomic mass is 9.87. The molecular weight excluding hydrogens is 242 g/mol. The van der Waals surface area contributed by atoms with Gasteiger partial charge in [0.05, 0.1) is 0 Å². The largest absolute Gasteiger partial charge is 0.358 e. The number of allylic oxidation sites excluding steroid dienone is 2. The third-order valence-electron chi connectivity index (χ3n) is 4.33. The number of fused-ring (bicyclic) bond motifs is 3. The first kappa shape index (κ1) is 11.5. The lowest BCUT2D eigenvalue weighted by Crippen LogP contribution is -2.12. The highest BCUT2D eigenvalue weighted by Crippen LogP contribution is 2.50. The molecule has 0 fully saturated rings. The van der Waals surface area contributed by atoms with E-state index in [0.717, 1.165) is 0 Å². The van der Waals surface area contributed by atoms with Gasteiger partial charge in [0.2, 0.25) is 0 Å². The van der Waals surface area contributed by atoms with Gasteiger partial charge < -0.3 is 4.90 Å². The van der Waals surface area contributed by atoms with Crippen LogP contribution in [-0.2, 0) is 0 Å². The van der Waals surface area contributed by atoms with Crippen LogP contribution in [0.15, 0.2) is 78.6 Å². The molecule has 0 aromatic heterocycles. The number of benzene rings is 2. The van der Waals surface area contributed by atoms with Crippen molar-refractivity contribution in [2.45, 2.75) is 11.8 Å². The molecule has 1 aliphatic carbocycles. The smallest absolute Gasteiger partial charge is 0.0328 e. The first-order valence-corrected chi connectivity index (χ1v) is 7.10. The van der Waals surface area contributed by atoms with E-state index in [4.69, 9.17) is 0 Å². The average Bonchev–Trinajstić information content (AvgIpc) is 2.81. The summed E-state index contributed by atoms with van der Waals surface area (Å²) in [7, 11) is 2.10. The summed E-state index contributed by atoms with van der Waals surface area (Å²) in [6, 6.07) is 19.7. The molecule has 0 radical (unpaired) electrons. The predicted octanol–water partition coefficient (Wildman–Crippen LogP) is 4.26. The molecule has 2 aliphatic rings. The van der Waals surface area contributed by atoms with Crippen LogP contribution in [0, 0.1) is 0 Å². The van der Waals surface area contributed by atoms with Crippen LogP contribution < -0.4 is 0 Å². The summed E-state index contributed by atoms with van der Waals surface area (Å²) in [4.78, 5) is 2.16. The number of hydrogen-bond donors (Lipinski definition) is 0. The molecule has 0 bridgehead atoms. The van der Waals surface area contributed by atoms with E-state index in [9.17, 15) is 0 Å². The van der Waals surface area contributed by atoms with Gasteiger partial charge in [0.1, 0.15) is 0 Å². The minimum absolute atomic E-state index is 0.393. The summed E-state index contributed by atoms with van der Waals surface area (Å²) >= 11 is 0. The monoisotopic (exact) mass is 259 g/mol. The quantitative estimate of drug-likeness (QED) is 0.739. The molecule has 2 aromatic carbocycles. The molecule has 2 aromatic rings. The first-order valence-electron chi connectivity index (χ1n) is 7.10. The summed E-state index contributed by atoms with van der Waals surface area (Å²) in [5.74, 6) is 0.831. The van der Waals surface area contributed by atoms with E-state index in [2.05, 4.69) is 85.0 Å². The molecule has 1 nitrogen and oxygen atoms in total. The molecule has 4 rings (SSSR count). The molecule has 2 atom stereocenters. The molecule has 1 aliphatic heterocycles. The maximum absolute atomic E-state index is 2.32. The van der Waals surface area contributed by atoms with E-state index in [1.54, 1.807) is 0 Å². The van der Waals surface area contributed by atoms with Gasteiger partial charge in [0.15, 0.2) is 0 Å². The summed E-state index contributed by atoms with van der Waals surface area (Å²) in [5, 5.41) is 0. The SMILES string of the molecule is CN1C=C[C@@H]2C(=C1)[C@@H](c1ccccc1)c1ccccc12. The Hall–Kier alpha value is -2.28. The van der Waals surface area contributed by atoms with Crippen LogP contribution in [0.25, 0.3) is 0 Å². The van der Waals surface area contributed by atoms with Gasteiger partial charge in [-0.25, -0.2) is 0 Å². The van der Waals surface area contributed by atoms with Crippen LogP contribution in [-0.4, -0.2) is 11.9 Å². The molecule has 0 saturated heterocycles. The Bertz CT molecular complexity index is 697. The van der Waals surface area contributed by atoms with E-state index in [-0.39, 0.29) is 0 Å². The minimum atomic E-state index is 0.393. The minimum Gasteiger partial charge on any atom is -0.358 e. The van der Waals surface area contributed by atoms with Crippen LogP contribution >= 0.6 is 0 Å². The van der Waals surface area contributed by atoms with Crippen molar-refractivity contribution in [3.8, 4) is 0 Å². The van der Waals surface area contributed by atoms with E-state index in [1.165, 1.54) is 22.3 Å². The maximum atomic E-state index is 2.32. The molecule has 20 heavy (non-hydrogen) atoms. The van der Waals surface area contributed by atoms with Crippen LogP contribution in [0.2, 0.25) is 0 Å². The Balaban J connectivity index is 1.93. The zero-order valence-corrected chi connectivity index (χ0v) is 11.5. The Morgan fingerprint density at radius 3 is 2.35 bits per heavy atom. The van der Waals surface area contributed by atoms with Gasteiger partial charge in [0.25, 0.3) is 0 Å². The molecule has 0 saturated carbocycles. The van der Waals surface area contributed by atoms with Crippen LogP contribution in [0.4, 0.5) is 0 Å². The molecule has 0 N–H and O–H groups in total. The van der Waals surface area contributed by atoms with Crippen molar-refractivity contribution < 1.29 is 0 Å². The molecule has 0 spiro atoms. The van der Waals surface area contributed by atoms with Crippen LogP contribution in [0.5, 0.6) is 0 Å². The molecule has 1 heterocycles. The van der Waals surface area contributed by atoms with Crippen molar-refractivity contribution in [1.82, 2.24) is 4.90 Å². The normalized spacial score (nSPS) is 23.2. The Morgan fingerprint density at radius 2 is 1.55 bits per heavy atom. The van der Waals surface area contributed by atoms with E-state index < -0.39 is 0 Å². The fraction of sp³-hybridized carbons (Fsp3) is 0.158. The molecular formula is C19H17N. The van der Waals surface area contributed by atoms with E-state index in [1.807, 2.05) is 0 Å². The van der Waals surface area contributed by atoms with E-state index >= 15 is 0 Å². The van der Waals surface area contributed by atoms with E-state index in [0.29, 0.717) is 11.8 Å².